The molecule has 0 saturated carbocycles. The predicted octanol–water partition coefficient (Wildman–Crippen LogP) is 0.267. The SMILES string of the molecule is CN(C)CCN(C)Cc1ccc(/C=C2\NC(=O)CNC2=O)cc1. The van der Waals surface area contributed by atoms with E-state index in [4.69, 9.17) is 0 Å². The molecule has 0 spiro atoms. The van der Waals surface area contributed by atoms with Gasteiger partial charge in [-0.05, 0) is 38.3 Å². The Morgan fingerprint density at radius 3 is 2.43 bits per heavy atom. The number of amides is 2. The average molecular weight is 316 g/mol. The zero-order valence-corrected chi connectivity index (χ0v) is 13.9. The van der Waals surface area contributed by atoms with Crippen LogP contribution < -0.4 is 10.6 Å². The molecule has 6 heteroatoms. The fourth-order valence-corrected chi connectivity index (χ4v) is 2.26. The fourth-order valence-electron chi connectivity index (χ4n) is 2.26. The van der Waals surface area contributed by atoms with Crippen LogP contribution in [0.3, 0.4) is 0 Å². The fraction of sp³-hybridized carbons (Fsp3) is 0.412. The standard InChI is InChI=1S/C17H24N4O2/c1-20(2)8-9-21(3)12-14-6-4-13(5-7-14)10-15-17(23)18-11-16(22)19-15/h4-7,10H,8-9,11-12H2,1-3H3,(H,18,23)(H,19,22)/b15-10-. The molecule has 2 rings (SSSR count). The topological polar surface area (TPSA) is 64.7 Å². The lowest BCUT2D eigenvalue weighted by Crippen LogP contribution is -2.46. The first-order valence-electron chi connectivity index (χ1n) is 7.66. The number of nitrogens with zero attached hydrogens (tertiary/aromatic N) is 2. The summed E-state index contributed by atoms with van der Waals surface area (Å²) < 4.78 is 0. The van der Waals surface area contributed by atoms with E-state index in [9.17, 15) is 9.59 Å². The molecule has 1 heterocycles. The largest absolute Gasteiger partial charge is 0.342 e. The van der Waals surface area contributed by atoms with E-state index in [1.165, 1.54) is 5.56 Å². The summed E-state index contributed by atoms with van der Waals surface area (Å²) in [5, 5.41) is 5.12. The number of carbonyl (C=O) groups excluding carboxylic acids is 2. The van der Waals surface area contributed by atoms with Crippen LogP contribution in [-0.2, 0) is 16.1 Å². The zero-order chi connectivity index (χ0) is 16.8. The van der Waals surface area contributed by atoms with E-state index in [0.29, 0.717) is 0 Å². The second-order valence-corrected chi connectivity index (χ2v) is 6.07. The van der Waals surface area contributed by atoms with Gasteiger partial charge in [0.1, 0.15) is 5.70 Å². The van der Waals surface area contributed by atoms with Crippen molar-refractivity contribution in [3.05, 3.63) is 41.1 Å². The molecule has 0 aliphatic carbocycles. The average Bonchev–Trinajstić information content (AvgIpc) is 2.51. The molecule has 1 fully saturated rings. The third-order valence-corrected chi connectivity index (χ3v) is 3.60. The molecular formula is C17H24N4O2. The minimum Gasteiger partial charge on any atom is -0.342 e. The van der Waals surface area contributed by atoms with Gasteiger partial charge in [-0.1, -0.05) is 24.3 Å². The van der Waals surface area contributed by atoms with Gasteiger partial charge in [-0.25, -0.2) is 0 Å². The molecule has 0 unspecified atom stereocenters. The summed E-state index contributed by atoms with van der Waals surface area (Å²) in [4.78, 5) is 27.4. The molecule has 1 saturated heterocycles. The summed E-state index contributed by atoms with van der Waals surface area (Å²) in [5.74, 6) is -0.452. The number of hydrogen-bond donors (Lipinski definition) is 2. The summed E-state index contributed by atoms with van der Waals surface area (Å²) in [7, 11) is 6.23. The second kappa shape index (κ2) is 7.89. The Morgan fingerprint density at radius 2 is 1.78 bits per heavy atom. The highest BCUT2D eigenvalue weighted by molar-refractivity contribution is 6.05. The van der Waals surface area contributed by atoms with Gasteiger partial charge >= 0.3 is 0 Å². The molecule has 2 amide bonds. The van der Waals surface area contributed by atoms with Gasteiger partial charge in [-0.15, -0.1) is 0 Å². The normalized spacial score (nSPS) is 16.8. The Balaban J connectivity index is 1.96. The first-order chi connectivity index (χ1) is 10.9. The van der Waals surface area contributed by atoms with Crippen molar-refractivity contribution >= 4 is 17.9 Å². The number of benzene rings is 1. The van der Waals surface area contributed by atoms with Crippen molar-refractivity contribution < 1.29 is 9.59 Å². The number of piperazine rings is 1. The van der Waals surface area contributed by atoms with E-state index < -0.39 is 0 Å². The highest BCUT2D eigenvalue weighted by atomic mass is 16.2. The van der Waals surface area contributed by atoms with Gasteiger partial charge in [0.05, 0.1) is 6.54 Å². The van der Waals surface area contributed by atoms with E-state index >= 15 is 0 Å². The Labute approximate surface area is 137 Å². The third-order valence-electron chi connectivity index (χ3n) is 3.60. The quantitative estimate of drug-likeness (QED) is 0.739. The summed E-state index contributed by atoms with van der Waals surface area (Å²) in [6.07, 6.45) is 1.69. The molecule has 23 heavy (non-hydrogen) atoms. The Bertz CT molecular complexity index is 593. The first-order valence-corrected chi connectivity index (χ1v) is 7.66. The Kier molecular flexibility index (Phi) is 5.90. The van der Waals surface area contributed by atoms with Gasteiger partial charge in [-0.2, -0.15) is 0 Å². The van der Waals surface area contributed by atoms with Gasteiger partial charge in [-0.3, -0.25) is 9.59 Å². The van der Waals surface area contributed by atoms with Gasteiger partial charge in [0.15, 0.2) is 0 Å². The highest BCUT2D eigenvalue weighted by Crippen LogP contribution is 2.11. The molecule has 0 aromatic heterocycles. The van der Waals surface area contributed by atoms with Crippen LogP contribution in [0.1, 0.15) is 11.1 Å². The molecule has 124 valence electrons. The maximum Gasteiger partial charge on any atom is 0.268 e. The Morgan fingerprint density at radius 1 is 1.09 bits per heavy atom. The Hall–Kier alpha value is -2.18. The number of likely N-dealkylation sites (N-methyl/N-ethyl adjacent to an activating group) is 2. The summed E-state index contributed by atoms with van der Waals surface area (Å²) in [5.41, 5.74) is 2.39. The van der Waals surface area contributed by atoms with Crippen LogP contribution in [0, 0.1) is 0 Å². The van der Waals surface area contributed by atoms with Crippen molar-refractivity contribution in [2.75, 3.05) is 40.8 Å². The minimum atomic E-state index is -0.253. The van der Waals surface area contributed by atoms with E-state index in [1.807, 2.05) is 24.3 Å². The van der Waals surface area contributed by atoms with Crippen LogP contribution >= 0.6 is 0 Å². The van der Waals surface area contributed by atoms with Crippen molar-refractivity contribution in [2.24, 2.45) is 0 Å². The molecule has 0 atom stereocenters. The van der Waals surface area contributed by atoms with Crippen LogP contribution in [-0.4, -0.2) is 62.4 Å². The molecular weight excluding hydrogens is 292 g/mol. The molecule has 0 radical (unpaired) electrons. The van der Waals surface area contributed by atoms with E-state index in [-0.39, 0.29) is 24.1 Å². The van der Waals surface area contributed by atoms with Crippen molar-refractivity contribution in [2.45, 2.75) is 6.54 Å². The zero-order valence-electron chi connectivity index (χ0n) is 13.9. The van der Waals surface area contributed by atoms with E-state index in [2.05, 4.69) is 41.6 Å². The van der Waals surface area contributed by atoms with Crippen molar-refractivity contribution in [1.82, 2.24) is 20.4 Å². The first kappa shape index (κ1) is 17.2. The van der Waals surface area contributed by atoms with Gasteiger partial charge < -0.3 is 20.4 Å². The van der Waals surface area contributed by atoms with E-state index in [0.717, 1.165) is 25.2 Å². The molecule has 0 bridgehead atoms. The molecule has 6 nitrogen and oxygen atoms in total. The van der Waals surface area contributed by atoms with Crippen molar-refractivity contribution in [3.63, 3.8) is 0 Å². The summed E-state index contributed by atoms with van der Waals surface area (Å²) >= 11 is 0. The maximum absolute atomic E-state index is 11.7. The molecule has 1 aliphatic heterocycles. The van der Waals surface area contributed by atoms with Crippen LogP contribution in [0.25, 0.3) is 6.08 Å². The lowest BCUT2D eigenvalue weighted by atomic mass is 10.1. The van der Waals surface area contributed by atoms with Crippen LogP contribution in [0.15, 0.2) is 30.0 Å². The highest BCUT2D eigenvalue weighted by Gasteiger charge is 2.18. The molecule has 1 aromatic carbocycles. The molecule has 1 aliphatic rings. The maximum atomic E-state index is 11.7. The van der Waals surface area contributed by atoms with E-state index in [1.54, 1.807) is 6.08 Å². The lowest BCUT2D eigenvalue weighted by molar-refractivity contribution is -0.127. The summed E-state index contributed by atoms with van der Waals surface area (Å²) in [6, 6.07) is 7.99. The monoisotopic (exact) mass is 316 g/mol. The van der Waals surface area contributed by atoms with Crippen LogP contribution in [0.2, 0.25) is 0 Å². The number of nitrogens with one attached hydrogen (secondary N) is 2. The van der Waals surface area contributed by atoms with Gasteiger partial charge in [0.2, 0.25) is 5.91 Å². The third kappa shape index (κ3) is 5.50. The van der Waals surface area contributed by atoms with Gasteiger partial charge in [0.25, 0.3) is 5.91 Å². The minimum absolute atomic E-state index is 0.0361. The van der Waals surface area contributed by atoms with Crippen molar-refractivity contribution in [1.29, 1.82) is 0 Å². The second-order valence-electron chi connectivity index (χ2n) is 6.07. The molecule has 2 N–H and O–H groups in total. The lowest BCUT2D eigenvalue weighted by Gasteiger charge is -2.19. The summed E-state index contributed by atoms with van der Waals surface area (Å²) in [6.45, 7) is 2.94. The smallest absolute Gasteiger partial charge is 0.268 e. The number of carbonyl (C=O) groups is 2. The predicted molar refractivity (Wildman–Crippen MR) is 90.5 cm³/mol. The van der Waals surface area contributed by atoms with Crippen molar-refractivity contribution in [3.8, 4) is 0 Å². The number of rotatable bonds is 6. The van der Waals surface area contributed by atoms with Crippen LogP contribution in [0.5, 0.6) is 0 Å². The molecule has 1 aromatic rings. The number of hydrogen-bond acceptors (Lipinski definition) is 4. The van der Waals surface area contributed by atoms with Gasteiger partial charge in [0, 0.05) is 19.6 Å². The van der Waals surface area contributed by atoms with Crippen LogP contribution in [0.4, 0.5) is 0 Å².